The number of hydrogen-bond acceptors (Lipinski definition) is 3. The zero-order valence-corrected chi connectivity index (χ0v) is 10.5. The highest BCUT2D eigenvalue weighted by molar-refractivity contribution is 5.65. The van der Waals surface area contributed by atoms with Crippen molar-refractivity contribution < 1.29 is 8.78 Å². The van der Waals surface area contributed by atoms with E-state index in [4.69, 9.17) is 0 Å². The Balaban J connectivity index is 2.20. The minimum absolute atomic E-state index is 0.199. The first-order valence-electron chi connectivity index (χ1n) is 6.17. The molecule has 5 heteroatoms. The summed E-state index contributed by atoms with van der Waals surface area (Å²) in [6.07, 6.45) is 2.19. The summed E-state index contributed by atoms with van der Waals surface area (Å²) < 4.78 is 27.7. The maximum atomic E-state index is 14.1. The largest absolute Gasteiger partial charge is 0.312 e. The third kappa shape index (κ3) is 2.00. The second-order valence-corrected chi connectivity index (χ2v) is 4.63. The number of fused-ring (bicyclic) bond motifs is 1. The number of nitrogens with zero attached hydrogens (tertiary/aromatic N) is 2. The quantitative estimate of drug-likeness (QED) is 0.856. The van der Waals surface area contributed by atoms with E-state index in [0.717, 1.165) is 24.2 Å². The van der Waals surface area contributed by atoms with Crippen LogP contribution in [0.4, 0.5) is 8.78 Å². The van der Waals surface area contributed by atoms with Gasteiger partial charge >= 0.3 is 0 Å². The summed E-state index contributed by atoms with van der Waals surface area (Å²) in [4.78, 5) is 8.34. The highest BCUT2D eigenvalue weighted by Gasteiger charge is 2.20. The van der Waals surface area contributed by atoms with E-state index in [2.05, 4.69) is 15.3 Å². The van der Waals surface area contributed by atoms with Gasteiger partial charge in [-0.05, 0) is 18.6 Å². The predicted octanol–water partition coefficient (Wildman–Crippen LogP) is 2.38. The first-order valence-corrected chi connectivity index (χ1v) is 6.17. The molecule has 1 aromatic heterocycles. The molecule has 19 heavy (non-hydrogen) atoms. The normalized spacial score (nSPS) is 14.3. The van der Waals surface area contributed by atoms with E-state index >= 15 is 0 Å². The van der Waals surface area contributed by atoms with E-state index in [-0.39, 0.29) is 5.56 Å². The summed E-state index contributed by atoms with van der Waals surface area (Å²) in [5, 5.41) is 3.20. The van der Waals surface area contributed by atoms with Crippen LogP contribution < -0.4 is 5.32 Å². The van der Waals surface area contributed by atoms with Crippen LogP contribution >= 0.6 is 0 Å². The molecule has 1 aliphatic rings. The second-order valence-electron chi connectivity index (χ2n) is 4.63. The van der Waals surface area contributed by atoms with Crippen molar-refractivity contribution in [1.82, 2.24) is 15.3 Å². The molecule has 0 aliphatic carbocycles. The van der Waals surface area contributed by atoms with Crippen molar-refractivity contribution in [2.45, 2.75) is 19.9 Å². The average Bonchev–Trinajstić information content (AvgIpc) is 2.45. The van der Waals surface area contributed by atoms with Crippen molar-refractivity contribution in [1.29, 1.82) is 0 Å². The van der Waals surface area contributed by atoms with Crippen LogP contribution in [0.25, 0.3) is 11.3 Å². The number of nitrogens with one attached hydrogen (secondary N) is 1. The van der Waals surface area contributed by atoms with Gasteiger partial charge in [0, 0.05) is 30.6 Å². The van der Waals surface area contributed by atoms with Gasteiger partial charge in [0.2, 0.25) is 0 Å². The zero-order chi connectivity index (χ0) is 13.4. The van der Waals surface area contributed by atoms with Gasteiger partial charge in [-0.2, -0.15) is 0 Å². The Bertz CT molecular complexity index is 641. The Morgan fingerprint density at radius 3 is 2.84 bits per heavy atom. The van der Waals surface area contributed by atoms with Crippen LogP contribution in [0.3, 0.4) is 0 Å². The molecular weight excluding hydrogens is 248 g/mol. The Labute approximate surface area is 109 Å². The van der Waals surface area contributed by atoms with Gasteiger partial charge in [-0.25, -0.2) is 18.7 Å². The van der Waals surface area contributed by atoms with E-state index in [1.54, 1.807) is 19.1 Å². The smallest absolute Gasteiger partial charge is 0.168 e. The van der Waals surface area contributed by atoms with Crippen molar-refractivity contribution in [3.05, 3.63) is 46.9 Å². The molecule has 0 atom stereocenters. The summed E-state index contributed by atoms with van der Waals surface area (Å²) >= 11 is 0. The van der Waals surface area contributed by atoms with Crippen LogP contribution in [-0.2, 0) is 13.0 Å². The number of hydrogen-bond donors (Lipinski definition) is 1. The Morgan fingerprint density at radius 2 is 2.00 bits per heavy atom. The Hall–Kier alpha value is -1.88. The molecule has 2 heterocycles. The lowest BCUT2D eigenvalue weighted by atomic mass is 9.99. The molecule has 0 saturated carbocycles. The molecule has 3 rings (SSSR count). The van der Waals surface area contributed by atoms with Crippen LogP contribution in [0.15, 0.2) is 18.5 Å². The maximum Gasteiger partial charge on any atom is 0.168 e. The predicted molar refractivity (Wildman–Crippen MR) is 67.5 cm³/mol. The van der Waals surface area contributed by atoms with E-state index < -0.39 is 11.6 Å². The summed E-state index contributed by atoms with van der Waals surface area (Å²) in [5.74, 6) is -1.65. The molecule has 0 fully saturated rings. The highest BCUT2D eigenvalue weighted by atomic mass is 19.2. The summed E-state index contributed by atoms with van der Waals surface area (Å²) in [6.45, 7) is 2.97. The number of halogens is 2. The summed E-state index contributed by atoms with van der Waals surface area (Å²) in [5.41, 5.74) is 2.74. The van der Waals surface area contributed by atoms with Crippen molar-refractivity contribution in [3.63, 3.8) is 0 Å². The topological polar surface area (TPSA) is 37.8 Å². The lowest BCUT2D eigenvalue weighted by Gasteiger charge is -2.19. The van der Waals surface area contributed by atoms with E-state index in [1.807, 2.05) is 0 Å². The van der Waals surface area contributed by atoms with Gasteiger partial charge in [0.1, 0.15) is 6.33 Å². The molecule has 0 spiro atoms. The molecule has 0 unspecified atom stereocenters. The average molecular weight is 261 g/mol. The van der Waals surface area contributed by atoms with Crippen LogP contribution in [-0.4, -0.2) is 16.5 Å². The molecule has 0 amide bonds. The SMILES string of the molecule is Cc1ccc(-c2ncnc3c2CNCC3)c(F)c1F. The molecule has 1 aromatic carbocycles. The fraction of sp³-hybridized carbons (Fsp3) is 0.286. The highest BCUT2D eigenvalue weighted by Crippen LogP contribution is 2.29. The molecule has 98 valence electrons. The van der Waals surface area contributed by atoms with Crippen molar-refractivity contribution in [2.75, 3.05) is 6.54 Å². The third-order valence-corrected chi connectivity index (χ3v) is 3.41. The van der Waals surface area contributed by atoms with Gasteiger partial charge in [-0.1, -0.05) is 6.07 Å². The molecule has 2 aromatic rings. The van der Waals surface area contributed by atoms with Crippen molar-refractivity contribution in [2.24, 2.45) is 0 Å². The lowest BCUT2D eigenvalue weighted by molar-refractivity contribution is 0.505. The number of rotatable bonds is 1. The minimum atomic E-state index is -0.841. The van der Waals surface area contributed by atoms with Crippen LogP contribution in [0.5, 0.6) is 0 Å². The van der Waals surface area contributed by atoms with Crippen LogP contribution in [0, 0.1) is 18.6 Å². The second kappa shape index (κ2) is 4.66. The van der Waals surface area contributed by atoms with Crippen LogP contribution in [0.2, 0.25) is 0 Å². The van der Waals surface area contributed by atoms with Gasteiger partial charge in [0.15, 0.2) is 11.6 Å². The minimum Gasteiger partial charge on any atom is -0.312 e. The standard InChI is InChI=1S/C14H13F2N3/c1-8-2-3-9(13(16)12(8)15)14-10-6-17-5-4-11(10)18-7-19-14/h2-3,7,17H,4-6H2,1H3. The molecular formula is C14H13F2N3. The van der Waals surface area contributed by atoms with E-state index in [0.29, 0.717) is 17.8 Å². The van der Waals surface area contributed by atoms with Crippen molar-refractivity contribution in [3.8, 4) is 11.3 Å². The summed E-state index contributed by atoms with van der Waals surface area (Å²) in [6, 6.07) is 3.14. The monoisotopic (exact) mass is 261 g/mol. The first kappa shape index (κ1) is 12.2. The van der Waals surface area contributed by atoms with E-state index in [9.17, 15) is 8.78 Å². The van der Waals surface area contributed by atoms with Gasteiger partial charge in [-0.3, -0.25) is 0 Å². The van der Waals surface area contributed by atoms with Crippen LogP contribution in [0.1, 0.15) is 16.8 Å². The summed E-state index contributed by atoms with van der Waals surface area (Å²) in [7, 11) is 0. The Kier molecular flexibility index (Phi) is 2.98. The molecule has 0 saturated heterocycles. The fourth-order valence-electron chi connectivity index (χ4n) is 2.33. The maximum absolute atomic E-state index is 14.1. The number of benzene rings is 1. The number of aromatic nitrogens is 2. The third-order valence-electron chi connectivity index (χ3n) is 3.41. The number of aryl methyl sites for hydroxylation is 1. The zero-order valence-electron chi connectivity index (χ0n) is 10.5. The molecule has 1 aliphatic heterocycles. The van der Waals surface area contributed by atoms with Crippen molar-refractivity contribution >= 4 is 0 Å². The molecule has 0 bridgehead atoms. The van der Waals surface area contributed by atoms with E-state index in [1.165, 1.54) is 6.33 Å². The van der Waals surface area contributed by atoms with Gasteiger partial charge in [-0.15, -0.1) is 0 Å². The van der Waals surface area contributed by atoms with Gasteiger partial charge < -0.3 is 5.32 Å². The molecule has 1 N–H and O–H groups in total. The Morgan fingerprint density at radius 1 is 1.16 bits per heavy atom. The molecule has 0 radical (unpaired) electrons. The molecule has 3 nitrogen and oxygen atoms in total. The lowest BCUT2D eigenvalue weighted by Crippen LogP contribution is -2.25. The van der Waals surface area contributed by atoms with Gasteiger partial charge in [0.25, 0.3) is 0 Å². The fourth-order valence-corrected chi connectivity index (χ4v) is 2.33. The van der Waals surface area contributed by atoms with Gasteiger partial charge in [0.05, 0.1) is 11.4 Å². The first-order chi connectivity index (χ1) is 9.18.